The van der Waals surface area contributed by atoms with Crippen molar-refractivity contribution in [3.05, 3.63) is 77.3 Å². The maximum atomic E-state index is 13.6. The molecule has 0 saturated heterocycles. The Morgan fingerprint density at radius 3 is 2.54 bits per heavy atom. The number of rotatable bonds is 8. The van der Waals surface area contributed by atoms with Gasteiger partial charge in [0.1, 0.15) is 5.76 Å². The highest BCUT2D eigenvalue weighted by Crippen LogP contribution is 2.36. The summed E-state index contributed by atoms with van der Waals surface area (Å²) < 4.78 is 24.9. The van der Waals surface area contributed by atoms with Gasteiger partial charge in [-0.25, -0.2) is 9.79 Å². The number of aromatic nitrogens is 1. The molecule has 1 aliphatic heterocycles. The molecule has 1 aromatic carbocycles. The molecule has 0 radical (unpaired) electrons. The summed E-state index contributed by atoms with van der Waals surface area (Å²) >= 11 is 4.51. The zero-order valence-corrected chi connectivity index (χ0v) is 22.2. The van der Waals surface area contributed by atoms with E-state index in [-0.39, 0.29) is 12.2 Å². The highest BCUT2D eigenvalue weighted by molar-refractivity contribution is 9.10. The van der Waals surface area contributed by atoms with Crippen LogP contribution in [0, 0.1) is 0 Å². The summed E-state index contributed by atoms with van der Waals surface area (Å²) in [4.78, 5) is 31.7. The van der Waals surface area contributed by atoms with Crippen LogP contribution in [0.4, 0.5) is 0 Å². The molecule has 1 atom stereocenters. The van der Waals surface area contributed by atoms with E-state index in [1.54, 1.807) is 44.2 Å². The molecule has 0 amide bonds. The fourth-order valence-electron chi connectivity index (χ4n) is 3.88. The number of esters is 1. The van der Waals surface area contributed by atoms with Gasteiger partial charge in [-0.1, -0.05) is 17.4 Å². The van der Waals surface area contributed by atoms with Crippen LogP contribution < -0.4 is 24.4 Å². The maximum absolute atomic E-state index is 13.6. The molecule has 0 saturated carbocycles. The van der Waals surface area contributed by atoms with Crippen molar-refractivity contribution < 1.29 is 23.4 Å². The van der Waals surface area contributed by atoms with Gasteiger partial charge in [-0.2, -0.15) is 0 Å². The number of hydrogen-bond acceptors (Lipinski definition) is 8. The van der Waals surface area contributed by atoms with E-state index >= 15 is 0 Å². The minimum atomic E-state index is -0.745. The molecule has 10 heteroatoms. The Morgan fingerprint density at radius 2 is 1.89 bits per heavy atom. The molecule has 2 aromatic heterocycles. The first-order valence-corrected chi connectivity index (χ1v) is 12.8. The molecule has 8 nitrogen and oxygen atoms in total. The molecular formula is C25H25BrN2O6S. The smallest absolute Gasteiger partial charge is 0.338 e. The minimum Gasteiger partial charge on any atom is -0.490 e. The SMILES string of the molecule is CCOC(=O)C1=C(C)N=c2s/c(=C\c3ccc(Br)o3)c(=O)n2[C@@H]1c1ccc(OCC)c(OCC)c1. The Hall–Kier alpha value is -3.11. The Labute approximate surface area is 214 Å². The number of hydrogen-bond donors (Lipinski definition) is 0. The van der Waals surface area contributed by atoms with Crippen molar-refractivity contribution in [2.24, 2.45) is 4.99 Å². The summed E-state index contributed by atoms with van der Waals surface area (Å²) in [6.45, 7) is 8.38. The van der Waals surface area contributed by atoms with E-state index in [9.17, 15) is 9.59 Å². The van der Waals surface area contributed by atoms with Crippen LogP contribution in [0.25, 0.3) is 6.08 Å². The van der Waals surface area contributed by atoms with Gasteiger partial charge in [0.2, 0.25) is 0 Å². The van der Waals surface area contributed by atoms with Crippen LogP contribution in [-0.4, -0.2) is 30.4 Å². The third-order valence-corrected chi connectivity index (χ3v) is 6.68. The molecule has 35 heavy (non-hydrogen) atoms. The predicted molar refractivity (Wildman–Crippen MR) is 136 cm³/mol. The van der Waals surface area contributed by atoms with Crippen LogP contribution in [0.5, 0.6) is 11.5 Å². The quantitative estimate of drug-likeness (QED) is 0.387. The van der Waals surface area contributed by atoms with Gasteiger partial charge >= 0.3 is 5.97 Å². The second kappa shape index (κ2) is 10.7. The number of ether oxygens (including phenoxy) is 3. The van der Waals surface area contributed by atoms with Crippen molar-refractivity contribution >= 4 is 39.3 Å². The van der Waals surface area contributed by atoms with E-state index < -0.39 is 12.0 Å². The molecule has 0 spiro atoms. The van der Waals surface area contributed by atoms with E-state index in [4.69, 9.17) is 18.6 Å². The van der Waals surface area contributed by atoms with Crippen LogP contribution in [0.3, 0.4) is 0 Å². The summed E-state index contributed by atoms with van der Waals surface area (Å²) in [5, 5.41) is 0. The Kier molecular flexibility index (Phi) is 7.61. The van der Waals surface area contributed by atoms with Crippen molar-refractivity contribution in [1.82, 2.24) is 4.57 Å². The maximum Gasteiger partial charge on any atom is 0.338 e. The molecule has 1 aliphatic rings. The van der Waals surface area contributed by atoms with Gasteiger partial charge < -0.3 is 18.6 Å². The second-order valence-corrected chi connectivity index (χ2v) is 9.31. The van der Waals surface area contributed by atoms with E-state index in [0.29, 0.717) is 61.3 Å². The number of allylic oxidation sites excluding steroid dienone is 1. The number of carbonyl (C=O) groups excluding carboxylic acids is 1. The number of carbonyl (C=O) groups is 1. The van der Waals surface area contributed by atoms with Gasteiger partial charge in [0.25, 0.3) is 5.56 Å². The van der Waals surface area contributed by atoms with Crippen LogP contribution in [0.15, 0.2) is 60.5 Å². The Bertz CT molecular complexity index is 1470. The van der Waals surface area contributed by atoms with Crippen molar-refractivity contribution in [2.75, 3.05) is 19.8 Å². The molecule has 0 unspecified atom stereocenters. The fourth-order valence-corrected chi connectivity index (χ4v) is 5.23. The first kappa shape index (κ1) is 25.0. The molecule has 0 N–H and O–H groups in total. The van der Waals surface area contributed by atoms with Crippen molar-refractivity contribution in [2.45, 2.75) is 33.7 Å². The Balaban J connectivity index is 1.95. The monoisotopic (exact) mass is 560 g/mol. The molecule has 184 valence electrons. The zero-order chi connectivity index (χ0) is 25.1. The average Bonchev–Trinajstić information content (AvgIpc) is 3.37. The first-order chi connectivity index (χ1) is 16.9. The van der Waals surface area contributed by atoms with Gasteiger partial charge in [0, 0.05) is 6.08 Å². The normalized spacial score (nSPS) is 15.6. The minimum absolute atomic E-state index is 0.202. The van der Waals surface area contributed by atoms with Crippen LogP contribution in [0.2, 0.25) is 0 Å². The standard InChI is InChI=1S/C25H25BrN2O6S/c1-5-31-17-10-8-15(12-18(17)32-6-2)22-21(24(30)33-7-3)14(4)27-25-28(22)23(29)19(35-25)13-16-9-11-20(26)34-16/h8-13,22H,5-7H2,1-4H3/b19-13-/t22-/m1/s1. The zero-order valence-electron chi connectivity index (χ0n) is 19.8. The lowest BCUT2D eigenvalue weighted by atomic mass is 9.95. The van der Waals surface area contributed by atoms with Gasteiger partial charge in [-0.05, 0) is 73.5 Å². The number of furan rings is 1. The third-order valence-electron chi connectivity index (χ3n) is 5.27. The van der Waals surface area contributed by atoms with Crippen molar-refractivity contribution in [3.63, 3.8) is 0 Å². The van der Waals surface area contributed by atoms with Crippen LogP contribution >= 0.6 is 27.3 Å². The largest absolute Gasteiger partial charge is 0.490 e. The summed E-state index contributed by atoms with van der Waals surface area (Å²) in [6, 6.07) is 8.19. The van der Waals surface area contributed by atoms with Crippen LogP contribution in [-0.2, 0) is 9.53 Å². The summed E-state index contributed by atoms with van der Waals surface area (Å²) in [5.41, 5.74) is 1.20. The second-order valence-electron chi connectivity index (χ2n) is 7.52. The van der Waals surface area contributed by atoms with E-state index in [1.807, 2.05) is 19.9 Å². The number of nitrogens with zero attached hydrogens (tertiary/aromatic N) is 2. The lowest BCUT2D eigenvalue weighted by molar-refractivity contribution is -0.139. The van der Waals surface area contributed by atoms with Crippen LogP contribution in [0.1, 0.15) is 45.1 Å². The van der Waals surface area contributed by atoms with E-state index in [2.05, 4.69) is 20.9 Å². The first-order valence-electron chi connectivity index (χ1n) is 11.2. The molecule has 3 heterocycles. The van der Waals surface area contributed by atoms with Crippen molar-refractivity contribution in [3.8, 4) is 11.5 Å². The van der Waals surface area contributed by atoms with Crippen molar-refractivity contribution in [1.29, 1.82) is 0 Å². The molecule has 0 aliphatic carbocycles. The number of benzene rings is 1. The number of thiazole rings is 1. The fraction of sp³-hybridized carbons (Fsp3) is 0.320. The third kappa shape index (κ3) is 4.99. The van der Waals surface area contributed by atoms with Gasteiger partial charge in [-0.15, -0.1) is 0 Å². The average molecular weight is 561 g/mol. The molecule has 0 fully saturated rings. The van der Waals surface area contributed by atoms with Gasteiger partial charge in [-0.3, -0.25) is 9.36 Å². The number of fused-ring (bicyclic) bond motifs is 1. The molecular weight excluding hydrogens is 536 g/mol. The lowest BCUT2D eigenvalue weighted by Crippen LogP contribution is -2.40. The van der Waals surface area contributed by atoms with E-state index in [1.165, 1.54) is 15.9 Å². The van der Waals surface area contributed by atoms with E-state index in [0.717, 1.165) is 0 Å². The summed E-state index contributed by atoms with van der Waals surface area (Å²) in [5.74, 6) is 1.13. The summed E-state index contributed by atoms with van der Waals surface area (Å²) in [6.07, 6.45) is 1.67. The molecule has 3 aromatic rings. The number of halogens is 1. The molecule has 0 bridgehead atoms. The predicted octanol–water partition coefficient (Wildman–Crippen LogP) is 3.95. The molecule has 4 rings (SSSR count). The topological polar surface area (TPSA) is 92.3 Å². The highest BCUT2D eigenvalue weighted by atomic mass is 79.9. The lowest BCUT2D eigenvalue weighted by Gasteiger charge is -2.25. The highest BCUT2D eigenvalue weighted by Gasteiger charge is 2.34. The van der Waals surface area contributed by atoms with Gasteiger partial charge in [0.15, 0.2) is 21.0 Å². The summed E-state index contributed by atoms with van der Waals surface area (Å²) in [7, 11) is 0. The Morgan fingerprint density at radius 1 is 1.14 bits per heavy atom. The van der Waals surface area contributed by atoms with Gasteiger partial charge in [0.05, 0.1) is 41.7 Å².